The zero-order valence-electron chi connectivity index (χ0n) is 16.6. The van der Waals surface area contributed by atoms with Crippen molar-refractivity contribution in [1.82, 2.24) is 9.88 Å². The van der Waals surface area contributed by atoms with Gasteiger partial charge in [0.25, 0.3) is 5.91 Å². The second-order valence-electron chi connectivity index (χ2n) is 6.64. The molecule has 0 spiro atoms. The molecule has 0 unspecified atom stereocenters. The molecule has 2 aromatic heterocycles. The summed E-state index contributed by atoms with van der Waals surface area (Å²) in [5.41, 5.74) is 1.28. The standard InChI is InChI=1S/C21H21N3O4S2/c1-3-24(21(26)19-13(2)22-20(30-19)17-5-4-10-29-17)12-18(25)23-14-6-7-15-16(11-14)28-9-8-27-15/h4-7,10-11H,3,8-9,12H2,1-2H3,(H,23,25). The molecule has 0 bridgehead atoms. The van der Waals surface area contributed by atoms with Gasteiger partial charge in [-0.15, -0.1) is 22.7 Å². The van der Waals surface area contributed by atoms with Crippen LogP contribution < -0.4 is 14.8 Å². The molecule has 9 heteroatoms. The Balaban J connectivity index is 1.44. The number of aryl methyl sites for hydroxylation is 1. The van der Waals surface area contributed by atoms with Crippen LogP contribution in [0.2, 0.25) is 0 Å². The van der Waals surface area contributed by atoms with Gasteiger partial charge in [-0.2, -0.15) is 0 Å². The Labute approximate surface area is 182 Å². The van der Waals surface area contributed by atoms with E-state index in [0.29, 0.717) is 47.5 Å². The van der Waals surface area contributed by atoms with Crippen LogP contribution in [0.4, 0.5) is 5.69 Å². The van der Waals surface area contributed by atoms with Gasteiger partial charge in [-0.25, -0.2) is 4.98 Å². The Morgan fingerprint density at radius 3 is 2.73 bits per heavy atom. The molecule has 30 heavy (non-hydrogen) atoms. The predicted octanol–water partition coefficient (Wildman–Crippen LogP) is 4.05. The summed E-state index contributed by atoms with van der Waals surface area (Å²) in [6.45, 7) is 5.03. The molecule has 3 heterocycles. The van der Waals surface area contributed by atoms with E-state index in [1.165, 1.54) is 16.2 Å². The minimum atomic E-state index is -0.275. The molecule has 0 saturated carbocycles. The average Bonchev–Trinajstić information content (AvgIpc) is 3.41. The number of thiophene rings is 1. The van der Waals surface area contributed by atoms with Crippen molar-refractivity contribution in [1.29, 1.82) is 0 Å². The Hall–Kier alpha value is -2.91. The minimum Gasteiger partial charge on any atom is -0.486 e. The maximum Gasteiger partial charge on any atom is 0.266 e. The highest BCUT2D eigenvalue weighted by atomic mass is 32.1. The van der Waals surface area contributed by atoms with E-state index in [9.17, 15) is 9.59 Å². The van der Waals surface area contributed by atoms with Crippen LogP contribution in [0.1, 0.15) is 22.3 Å². The first kappa shape index (κ1) is 20.4. The fourth-order valence-electron chi connectivity index (χ4n) is 3.07. The number of amides is 2. The third kappa shape index (κ3) is 4.31. The quantitative estimate of drug-likeness (QED) is 0.622. The smallest absolute Gasteiger partial charge is 0.266 e. The predicted molar refractivity (Wildman–Crippen MR) is 118 cm³/mol. The molecule has 1 N–H and O–H groups in total. The van der Waals surface area contributed by atoms with Crippen LogP contribution in [0.25, 0.3) is 9.88 Å². The summed E-state index contributed by atoms with van der Waals surface area (Å²) in [5.74, 6) is 0.797. The van der Waals surface area contributed by atoms with Crippen molar-refractivity contribution in [3.05, 3.63) is 46.3 Å². The molecule has 0 radical (unpaired) electrons. The molecule has 7 nitrogen and oxygen atoms in total. The van der Waals surface area contributed by atoms with Crippen LogP contribution >= 0.6 is 22.7 Å². The number of thiazole rings is 1. The summed E-state index contributed by atoms with van der Waals surface area (Å²) in [6.07, 6.45) is 0. The molecule has 1 aromatic carbocycles. The molecule has 1 aliphatic rings. The van der Waals surface area contributed by atoms with E-state index in [4.69, 9.17) is 9.47 Å². The monoisotopic (exact) mass is 443 g/mol. The molecule has 0 fully saturated rings. The summed E-state index contributed by atoms with van der Waals surface area (Å²) in [5, 5.41) is 5.63. The highest BCUT2D eigenvalue weighted by Gasteiger charge is 2.23. The summed E-state index contributed by atoms with van der Waals surface area (Å²) >= 11 is 2.95. The van der Waals surface area contributed by atoms with Gasteiger partial charge in [0.15, 0.2) is 11.5 Å². The number of aromatic nitrogens is 1. The zero-order valence-corrected chi connectivity index (χ0v) is 18.3. The number of likely N-dealkylation sites (N-methyl/N-ethyl adjacent to an activating group) is 1. The summed E-state index contributed by atoms with van der Waals surface area (Å²) in [7, 11) is 0. The van der Waals surface area contributed by atoms with Crippen LogP contribution in [0.5, 0.6) is 11.5 Å². The van der Waals surface area contributed by atoms with E-state index < -0.39 is 0 Å². The van der Waals surface area contributed by atoms with Gasteiger partial charge in [0, 0.05) is 18.3 Å². The van der Waals surface area contributed by atoms with Crippen molar-refractivity contribution in [2.45, 2.75) is 13.8 Å². The Bertz CT molecular complexity index is 1060. The first-order valence-corrected chi connectivity index (χ1v) is 11.2. The SMILES string of the molecule is CCN(CC(=O)Nc1ccc2c(c1)OCCO2)C(=O)c1sc(-c2cccs2)nc1C. The van der Waals surface area contributed by atoms with Crippen molar-refractivity contribution in [3.8, 4) is 21.4 Å². The first-order valence-electron chi connectivity index (χ1n) is 9.55. The number of ether oxygens (including phenoxy) is 2. The third-order valence-electron chi connectivity index (χ3n) is 4.55. The lowest BCUT2D eigenvalue weighted by Gasteiger charge is -2.21. The lowest BCUT2D eigenvalue weighted by molar-refractivity contribution is -0.116. The Morgan fingerprint density at radius 2 is 2.00 bits per heavy atom. The van der Waals surface area contributed by atoms with Crippen molar-refractivity contribution in [2.24, 2.45) is 0 Å². The van der Waals surface area contributed by atoms with Gasteiger partial charge < -0.3 is 19.7 Å². The van der Waals surface area contributed by atoms with E-state index in [1.807, 2.05) is 31.4 Å². The molecule has 0 saturated heterocycles. The van der Waals surface area contributed by atoms with Crippen LogP contribution in [0.3, 0.4) is 0 Å². The Kier molecular flexibility index (Phi) is 6.01. The van der Waals surface area contributed by atoms with Gasteiger partial charge >= 0.3 is 0 Å². The number of nitrogens with zero attached hydrogens (tertiary/aromatic N) is 2. The van der Waals surface area contributed by atoms with E-state index in [0.717, 1.165) is 9.88 Å². The molecule has 2 amide bonds. The normalized spacial score (nSPS) is 12.5. The molecule has 0 aliphatic carbocycles. The van der Waals surface area contributed by atoms with Crippen LogP contribution in [0, 0.1) is 6.92 Å². The lowest BCUT2D eigenvalue weighted by Crippen LogP contribution is -2.37. The molecular weight excluding hydrogens is 422 g/mol. The lowest BCUT2D eigenvalue weighted by atomic mass is 10.2. The molecule has 156 valence electrons. The number of carbonyl (C=O) groups is 2. The van der Waals surface area contributed by atoms with Crippen molar-refractivity contribution in [3.63, 3.8) is 0 Å². The van der Waals surface area contributed by atoms with Crippen LogP contribution in [-0.4, -0.2) is 48.0 Å². The first-order chi connectivity index (χ1) is 14.5. The summed E-state index contributed by atoms with van der Waals surface area (Å²) in [4.78, 5) is 33.3. The van der Waals surface area contributed by atoms with E-state index in [1.54, 1.807) is 29.5 Å². The van der Waals surface area contributed by atoms with Gasteiger partial charge in [0.2, 0.25) is 5.91 Å². The number of nitrogens with one attached hydrogen (secondary N) is 1. The number of anilines is 1. The third-order valence-corrected chi connectivity index (χ3v) is 6.74. The molecule has 0 atom stereocenters. The number of rotatable bonds is 6. The maximum absolute atomic E-state index is 13.0. The molecular formula is C21H21N3O4S2. The molecule has 3 aromatic rings. The van der Waals surface area contributed by atoms with Crippen molar-refractivity contribution < 1.29 is 19.1 Å². The van der Waals surface area contributed by atoms with Gasteiger partial charge in [-0.05, 0) is 37.4 Å². The second-order valence-corrected chi connectivity index (χ2v) is 8.58. The fraction of sp³-hybridized carbons (Fsp3) is 0.286. The number of hydrogen-bond acceptors (Lipinski definition) is 7. The van der Waals surface area contributed by atoms with E-state index in [-0.39, 0.29) is 18.4 Å². The average molecular weight is 444 g/mol. The molecule has 1 aliphatic heterocycles. The van der Waals surface area contributed by atoms with Gasteiger partial charge in [-0.1, -0.05) is 6.07 Å². The number of hydrogen-bond donors (Lipinski definition) is 1. The van der Waals surface area contributed by atoms with Crippen molar-refractivity contribution >= 4 is 40.2 Å². The minimum absolute atomic E-state index is 0.0462. The second kappa shape index (κ2) is 8.85. The number of fused-ring (bicyclic) bond motifs is 1. The number of benzene rings is 1. The fourth-order valence-corrected chi connectivity index (χ4v) is 4.90. The van der Waals surface area contributed by atoms with Gasteiger partial charge in [-0.3, -0.25) is 9.59 Å². The summed E-state index contributed by atoms with van der Waals surface area (Å²) in [6, 6.07) is 9.18. The highest BCUT2D eigenvalue weighted by Crippen LogP contribution is 2.33. The van der Waals surface area contributed by atoms with Gasteiger partial charge in [0.1, 0.15) is 29.6 Å². The highest BCUT2D eigenvalue weighted by molar-refractivity contribution is 7.22. The van der Waals surface area contributed by atoms with Crippen LogP contribution in [-0.2, 0) is 4.79 Å². The van der Waals surface area contributed by atoms with Crippen LogP contribution in [0.15, 0.2) is 35.7 Å². The zero-order chi connectivity index (χ0) is 21.1. The Morgan fingerprint density at radius 1 is 1.20 bits per heavy atom. The van der Waals surface area contributed by atoms with E-state index in [2.05, 4.69) is 10.3 Å². The largest absolute Gasteiger partial charge is 0.486 e. The number of carbonyl (C=O) groups excluding carboxylic acids is 2. The summed E-state index contributed by atoms with van der Waals surface area (Å²) < 4.78 is 11.0. The van der Waals surface area contributed by atoms with Gasteiger partial charge in [0.05, 0.1) is 10.6 Å². The maximum atomic E-state index is 13.0. The van der Waals surface area contributed by atoms with E-state index >= 15 is 0 Å². The topological polar surface area (TPSA) is 80.8 Å². The molecule has 4 rings (SSSR count). The van der Waals surface area contributed by atoms with Crippen molar-refractivity contribution in [2.75, 3.05) is 31.6 Å².